The maximum absolute atomic E-state index is 14.4. The number of hydrogen-bond donors (Lipinski definition) is 1. The average Bonchev–Trinajstić information content (AvgIpc) is 3.76. The Bertz CT molecular complexity index is 2760. The second-order valence-corrected chi connectivity index (χ2v) is 18.9. The normalized spacial score (nSPS) is 16.5. The number of carboxylic acid groups (broad SMARTS) is 1. The van der Waals surface area contributed by atoms with Crippen molar-refractivity contribution in [1.29, 1.82) is 0 Å². The Morgan fingerprint density at radius 2 is 1.54 bits per heavy atom. The molecule has 72 heavy (non-hydrogen) atoms. The third kappa shape index (κ3) is 13.4. The molecular formula is C51H57Cl2FN6O11S. The Morgan fingerprint density at radius 3 is 2.24 bits per heavy atom. The number of aliphatic carboxylic acids is 1. The van der Waals surface area contributed by atoms with Gasteiger partial charge in [0.1, 0.15) is 54.4 Å². The van der Waals surface area contributed by atoms with Crippen LogP contribution in [0.5, 0.6) is 29.1 Å². The number of nitrogens with zero attached hydrogens (tertiary/aromatic N) is 6. The summed E-state index contributed by atoms with van der Waals surface area (Å²) in [6, 6.07) is 13.1. The molecule has 6 aromatic rings. The fourth-order valence-corrected chi connectivity index (χ4v) is 9.93. The lowest BCUT2D eigenvalue weighted by atomic mass is 9.92. The van der Waals surface area contributed by atoms with E-state index < -0.39 is 24.0 Å². The average molecular weight is 1050 g/mol. The molecule has 0 spiro atoms. The first-order chi connectivity index (χ1) is 35.0. The monoisotopic (exact) mass is 1050 g/mol. The number of carbonyl (C=O) groups is 1. The predicted molar refractivity (Wildman–Crippen MR) is 270 cm³/mol. The van der Waals surface area contributed by atoms with Crippen molar-refractivity contribution in [2.45, 2.75) is 39.1 Å². The highest BCUT2D eigenvalue weighted by Crippen LogP contribution is 2.53. The van der Waals surface area contributed by atoms with Crippen LogP contribution in [0.25, 0.3) is 31.8 Å². The maximum atomic E-state index is 14.4. The van der Waals surface area contributed by atoms with Crippen LogP contribution in [0.4, 0.5) is 4.39 Å². The van der Waals surface area contributed by atoms with Crippen LogP contribution in [0, 0.1) is 19.7 Å². The van der Waals surface area contributed by atoms with Crippen LogP contribution in [-0.4, -0.2) is 159 Å². The van der Waals surface area contributed by atoms with E-state index in [4.69, 9.17) is 65.8 Å². The summed E-state index contributed by atoms with van der Waals surface area (Å²) in [6.45, 7) is 11.0. The van der Waals surface area contributed by atoms with E-state index >= 15 is 0 Å². The van der Waals surface area contributed by atoms with Gasteiger partial charge in [0.25, 0.3) is 0 Å². The molecule has 3 aromatic heterocycles. The number of aromatic nitrogens is 4. The summed E-state index contributed by atoms with van der Waals surface area (Å²) < 4.78 is 67.8. The topological polar surface area (TPSA) is 178 Å². The van der Waals surface area contributed by atoms with E-state index in [9.17, 15) is 14.3 Å². The third-order valence-electron chi connectivity index (χ3n) is 12.1. The molecule has 4 bridgehead atoms. The second-order valence-electron chi connectivity index (χ2n) is 17.1. The van der Waals surface area contributed by atoms with Crippen LogP contribution in [-0.2, 0) is 36.8 Å². The predicted octanol–water partition coefficient (Wildman–Crippen LogP) is 7.99. The van der Waals surface area contributed by atoms with Crippen molar-refractivity contribution in [3.8, 4) is 50.7 Å². The van der Waals surface area contributed by atoms with Gasteiger partial charge in [-0.2, -0.15) is 4.98 Å². The van der Waals surface area contributed by atoms with E-state index in [1.807, 2.05) is 13.8 Å². The number of fused-ring (bicyclic) bond motifs is 7. The van der Waals surface area contributed by atoms with Crippen molar-refractivity contribution >= 4 is 50.7 Å². The van der Waals surface area contributed by atoms with Gasteiger partial charge in [-0.15, -0.1) is 11.3 Å². The van der Waals surface area contributed by atoms with Crippen LogP contribution in [0.15, 0.2) is 61.1 Å². The number of rotatable bonds is 20. The summed E-state index contributed by atoms with van der Waals surface area (Å²) in [4.78, 5) is 37.0. The zero-order valence-corrected chi connectivity index (χ0v) is 42.8. The van der Waals surface area contributed by atoms with Gasteiger partial charge in [0, 0.05) is 68.5 Å². The fraction of sp³-hybridized carbons (Fsp3) is 0.431. The third-order valence-corrected chi connectivity index (χ3v) is 14.1. The Kier molecular flexibility index (Phi) is 18.7. The minimum absolute atomic E-state index is 0.0107. The Morgan fingerprint density at radius 1 is 0.847 bits per heavy atom. The summed E-state index contributed by atoms with van der Waals surface area (Å²) in [7, 11) is 3.72. The first kappa shape index (κ1) is 52.8. The highest BCUT2D eigenvalue weighted by molar-refractivity contribution is 7.22. The summed E-state index contributed by atoms with van der Waals surface area (Å²) in [5.41, 5.74) is 4.19. The largest absolute Gasteiger partial charge is 0.490 e. The summed E-state index contributed by atoms with van der Waals surface area (Å²) in [6.07, 6.45) is 0.673. The van der Waals surface area contributed by atoms with Gasteiger partial charge in [-0.05, 0) is 79.5 Å². The van der Waals surface area contributed by atoms with E-state index in [1.54, 1.807) is 49.7 Å². The van der Waals surface area contributed by atoms with Crippen molar-refractivity contribution in [1.82, 2.24) is 29.7 Å². The van der Waals surface area contributed by atoms with Gasteiger partial charge in [-0.25, -0.2) is 24.1 Å². The summed E-state index contributed by atoms with van der Waals surface area (Å²) >= 11 is 16.0. The van der Waals surface area contributed by atoms with E-state index in [1.165, 1.54) is 29.8 Å². The molecule has 9 rings (SSSR count). The van der Waals surface area contributed by atoms with Gasteiger partial charge in [0.05, 0.1) is 67.4 Å². The molecule has 6 heterocycles. The number of piperazine rings is 1. The van der Waals surface area contributed by atoms with Gasteiger partial charge >= 0.3 is 12.0 Å². The standard InChI is InChI=1S/C51H57Cl2FN6O11S/c1-31-41-32(2)45(53)46(44(31)52)70-38(27-60-15-13-59(3)14-16-60)29-68-37-9-10-39(69-28-36-11-12-55-51(58-36)67-24-23-66-22-21-65-20-19-64-18-17-63-4)34(25-37)26-40(50(61)62)71-48-43-42(41)47(72-49(43)57-30-56-48)33-5-7-35(54)8-6-33/h5-12,25,30,38,40H,13-24,26-29H2,1-4H3,(H,61,62)/t38-,40-/m1/s1. The lowest BCUT2D eigenvalue weighted by Gasteiger charge is -2.35. The number of likely N-dealkylation sites (N-methyl/N-ethyl adjacent to an activating group) is 1. The Balaban J connectivity index is 1.09. The maximum Gasteiger partial charge on any atom is 0.345 e. The van der Waals surface area contributed by atoms with Gasteiger partial charge in [-0.3, -0.25) is 4.90 Å². The van der Waals surface area contributed by atoms with Crippen LogP contribution >= 0.6 is 34.5 Å². The Labute approximate surface area is 431 Å². The van der Waals surface area contributed by atoms with Gasteiger partial charge in [0.15, 0.2) is 5.75 Å². The second kappa shape index (κ2) is 25.5. The molecule has 1 N–H and O–H groups in total. The summed E-state index contributed by atoms with van der Waals surface area (Å²) in [5.74, 6) is -0.547. The van der Waals surface area contributed by atoms with Gasteiger partial charge in [0.2, 0.25) is 12.0 Å². The molecule has 21 heteroatoms. The molecule has 1 saturated heterocycles. The Hall–Kier alpha value is -5.48. The molecule has 2 atom stereocenters. The molecule has 1 fully saturated rings. The van der Waals surface area contributed by atoms with Crippen LogP contribution in [0.3, 0.4) is 0 Å². The summed E-state index contributed by atoms with van der Waals surface area (Å²) in [5, 5.41) is 11.9. The van der Waals surface area contributed by atoms with E-state index in [2.05, 4.69) is 36.8 Å². The highest BCUT2D eigenvalue weighted by Gasteiger charge is 2.32. The lowest BCUT2D eigenvalue weighted by Crippen LogP contribution is -2.49. The van der Waals surface area contributed by atoms with Crippen LogP contribution in [0.2, 0.25) is 10.0 Å². The minimum Gasteiger partial charge on any atom is -0.490 e. The van der Waals surface area contributed by atoms with Crippen LogP contribution < -0.4 is 23.7 Å². The van der Waals surface area contributed by atoms with Crippen LogP contribution in [0.1, 0.15) is 22.4 Å². The molecule has 3 aromatic carbocycles. The van der Waals surface area contributed by atoms with Crippen molar-refractivity contribution in [2.24, 2.45) is 0 Å². The molecule has 3 aliphatic heterocycles. The molecule has 0 amide bonds. The zero-order chi connectivity index (χ0) is 50.6. The van der Waals surface area contributed by atoms with Crippen molar-refractivity contribution in [2.75, 3.05) is 106 Å². The molecule has 17 nitrogen and oxygen atoms in total. The van der Waals surface area contributed by atoms with Crippen molar-refractivity contribution in [3.05, 3.63) is 99.3 Å². The van der Waals surface area contributed by atoms with Gasteiger partial charge in [-0.1, -0.05) is 35.3 Å². The quantitative estimate of drug-likeness (QED) is 0.0727. The zero-order valence-electron chi connectivity index (χ0n) is 40.5. The number of carboxylic acids is 1. The molecular weight excluding hydrogens is 995 g/mol. The molecule has 3 aliphatic rings. The number of ether oxygens (including phenoxy) is 9. The number of hydrogen-bond acceptors (Lipinski definition) is 17. The van der Waals surface area contributed by atoms with E-state index in [0.717, 1.165) is 26.2 Å². The highest BCUT2D eigenvalue weighted by atomic mass is 35.5. The number of halogens is 3. The number of thiophene rings is 1. The van der Waals surface area contributed by atoms with E-state index in [-0.39, 0.29) is 48.2 Å². The molecule has 0 radical (unpaired) electrons. The first-order valence-corrected chi connectivity index (χ1v) is 25.1. The number of methoxy groups -OCH3 is 1. The molecule has 0 aliphatic carbocycles. The fourth-order valence-electron chi connectivity index (χ4n) is 8.27. The van der Waals surface area contributed by atoms with E-state index in [0.29, 0.717) is 124 Å². The molecule has 384 valence electrons. The van der Waals surface area contributed by atoms with Gasteiger partial charge < -0.3 is 52.6 Å². The molecule has 0 saturated carbocycles. The smallest absolute Gasteiger partial charge is 0.345 e. The first-order valence-electron chi connectivity index (χ1n) is 23.5. The van der Waals surface area contributed by atoms with Crippen molar-refractivity contribution in [3.63, 3.8) is 0 Å². The lowest BCUT2D eigenvalue weighted by molar-refractivity contribution is -0.145. The van der Waals surface area contributed by atoms with Crippen molar-refractivity contribution < 1.29 is 56.9 Å². The SMILES string of the molecule is COCCOCCOCCOCCOc1nccc(COc2ccc3cc2C[C@H](C(=O)O)Oc2ncnc4sc(-c5ccc(F)cc5)c(c24)-c2c(C)c(Cl)c(c(Cl)c2C)O[C@H](CN2CCN(C)CC2)CO3)n1. The molecule has 0 unspecified atom stereocenters. The number of benzene rings is 3. The minimum atomic E-state index is -1.49.